The maximum atomic E-state index is 7.00. The van der Waals surface area contributed by atoms with E-state index in [1.165, 1.54) is 43.2 Å². The van der Waals surface area contributed by atoms with Crippen molar-refractivity contribution in [2.24, 2.45) is 40.4 Å². The normalized spacial score (nSPS) is 20.5. The highest BCUT2D eigenvalue weighted by molar-refractivity contribution is 5.22. The van der Waals surface area contributed by atoms with Crippen molar-refractivity contribution in [2.45, 2.75) is 160 Å². The minimum atomic E-state index is -0.262. The predicted octanol–water partition coefficient (Wildman–Crippen LogP) is 15.1. The van der Waals surface area contributed by atoms with Gasteiger partial charge in [0.2, 0.25) is 0 Å². The lowest BCUT2D eigenvalue weighted by atomic mass is 9.59. The van der Waals surface area contributed by atoms with Crippen LogP contribution in [0.3, 0.4) is 0 Å². The summed E-state index contributed by atoms with van der Waals surface area (Å²) < 4.78 is 7.00. The van der Waals surface area contributed by atoms with Crippen LogP contribution in [0.15, 0.2) is 81.5 Å². The van der Waals surface area contributed by atoms with E-state index in [1.807, 2.05) is 6.08 Å². The van der Waals surface area contributed by atoms with Crippen LogP contribution in [0.2, 0.25) is 0 Å². The molecule has 0 amide bonds. The average Bonchev–Trinajstić information content (AvgIpc) is 3.00. The minimum Gasteiger partial charge on any atom is -0.364 e. The summed E-state index contributed by atoms with van der Waals surface area (Å²) in [4.78, 5) is 0. The van der Waals surface area contributed by atoms with E-state index < -0.39 is 0 Å². The molecule has 0 N–H and O–H groups in total. The highest BCUT2D eigenvalue weighted by Gasteiger charge is 2.49. The summed E-state index contributed by atoms with van der Waals surface area (Å²) in [6.45, 7) is 54.5. The molecule has 1 aromatic carbocycles. The van der Waals surface area contributed by atoms with Gasteiger partial charge in [0.25, 0.3) is 0 Å². The van der Waals surface area contributed by atoms with Gasteiger partial charge in [0.15, 0.2) is 0 Å². The second kappa shape index (κ2) is 23.5. The highest BCUT2D eigenvalue weighted by atomic mass is 16.5. The lowest BCUT2D eigenvalue weighted by Crippen LogP contribution is -2.52. The number of benzene rings is 1. The topological polar surface area (TPSA) is 9.23 Å². The van der Waals surface area contributed by atoms with E-state index in [9.17, 15) is 0 Å². The summed E-state index contributed by atoms with van der Waals surface area (Å²) in [6.07, 6.45) is 10.6. The largest absolute Gasteiger partial charge is 0.364 e. The molecule has 1 nitrogen and oxygen atoms in total. The first-order valence-corrected chi connectivity index (χ1v) is 18.3. The Morgan fingerprint density at radius 1 is 0.826 bits per heavy atom. The van der Waals surface area contributed by atoms with Crippen LogP contribution in [0, 0.1) is 40.4 Å². The van der Waals surface area contributed by atoms with Crippen LogP contribution in [-0.2, 0) is 10.3 Å². The van der Waals surface area contributed by atoms with E-state index in [1.54, 1.807) is 0 Å². The zero-order valence-corrected chi connectivity index (χ0v) is 34.0. The first-order chi connectivity index (χ1) is 21.2. The van der Waals surface area contributed by atoms with Crippen molar-refractivity contribution in [2.75, 3.05) is 0 Å². The molecule has 6 unspecified atom stereocenters. The minimum absolute atomic E-state index is 0.0451. The van der Waals surface area contributed by atoms with Crippen LogP contribution in [0.1, 0.15) is 154 Å². The monoisotopic (exact) mass is 639 g/mol. The maximum Gasteiger partial charge on any atom is 0.0910 e. The SMILES string of the molecule is C=C.C=C.C=CC(=C)CC1CCC(C)C(C)C1.CCC.CCCC(C)(OC(C)(C)C(C)(C)C(C)C(C)C(C)(C)C)c1ccccc1. The quantitative estimate of drug-likeness (QED) is 0.173. The van der Waals surface area contributed by atoms with E-state index in [-0.39, 0.29) is 16.6 Å². The number of hydrogen-bond donors (Lipinski definition) is 0. The van der Waals surface area contributed by atoms with Gasteiger partial charge < -0.3 is 4.74 Å². The van der Waals surface area contributed by atoms with Gasteiger partial charge in [-0.25, -0.2) is 0 Å². The van der Waals surface area contributed by atoms with Crippen molar-refractivity contribution in [3.63, 3.8) is 0 Å². The molecule has 1 aliphatic carbocycles. The molecule has 2 rings (SSSR count). The van der Waals surface area contributed by atoms with Crippen molar-refractivity contribution in [3.05, 3.63) is 87.0 Å². The summed E-state index contributed by atoms with van der Waals surface area (Å²) >= 11 is 0. The van der Waals surface area contributed by atoms with Gasteiger partial charge in [-0.3, -0.25) is 0 Å². The molecule has 0 bridgehead atoms. The molecule has 0 radical (unpaired) electrons. The fraction of sp³-hybridized carbons (Fsp3) is 0.689. The molecule has 0 heterocycles. The summed E-state index contributed by atoms with van der Waals surface area (Å²) in [5.41, 5.74) is 2.32. The Morgan fingerprint density at radius 3 is 1.70 bits per heavy atom. The van der Waals surface area contributed by atoms with Crippen molar-refractivity contribution in [3.8, 4) is 0 Å². The van der Waals surface area contributed by atoms with Crippen LogP contribution in [-0.4, -0.2) is 5.60 Å². The van der Waals surface area contributed by atoms with Crippen molar-refractivity contribution in [1.82, 2.24) is 0 Å². The molecule has 1 saturated carbocycles. The molecule has 0 aromatic heterocycles. The van der Waals surface area contributed by atoms with Gasteiger partial charge in [-0.15, -0.1) is 26.3 Å². The van der Waals surface area contributed by atoms with Crippen LogP contribution in [0.4, 0.5) is 0 Å². The van der Waals surface area contributed by atoms with Crippen molar-refractivity contribution < 1.29 is 4.74 Å². The third-order valence-electron chi connectivity index (χ3n) is 10.9. The van der Waals surface area contributed by atoms with Gasteiger partial charge in [-0.1, -0.05) is 157 Å². The van der Waals surface area contributed by atoms with Gasteiger partial charge in [-0.05, 0) is 92.4 Å². The Balaban J connectivity index is -0.000000768. The van der Waals surface area contributed by atoms with E-state index in [0.717, 1.165) is 30.6 Å². The van der Waals surface area contributed by atoms with E-state index in [4.69, 9.17) is 4.74 Å². The Hall–Kier alpha value is -1.86. The van der Waals surface area contributed by atoms with Crippen LogP contribution in [0.25, 0.3) is 0 Å². The molecule has 6 atom stereocenters. The van der Waals surface area contributed by atoms with Crippen LogP contribution >= 0.6 is 0 Å². The number of rotatable bonds is 11. The number of allylic oxidation sites excluding steroid dienone is 2. The molecule has 1 aliphatic rings. The molecule has 268 valence electrons. The second-order valence-corrected chi connectivity index (χ2v) is 16.0. The lowest BCUT2D eigenvalue weighted by molar-refractivity contribution is -0.207. The van der Waals surface area contributed by atoms with Crippen molar-refractivity contribution in [1.29, 1.82) is 0 Å². The highest BCUT2D eigenvalue weighted by Crippen LogP contribution is 2.50. The van der Waals surface area contributed by atoms with Crippen LogP contribution in [0.5, 0.6) is 0 Å². The third-order valence-corrected chi connectivity index (χ3v) is 10.9. The fourth-order valence-electron chi connectivity index (χ4n) is 6.44. The standard InChI is InChI=1S/C25H44O.C13H22.C3H8.2C2H4/c1-12-18-25(11,21-16-14-13-15-17-21)26-24(9,10)23(7,8)20(3)19(2)22(4,5)6;1-5-10(2)8-13-7-6-11(3)12(4)9-13;1-3-2;2*1-2/h13-17,19-20H,12,18H2,1-11H3;5,11-13H,1-2,6-9H2,3-4H3;3H2,1-2H3;2*1-2H2. The van der Waals surface area contributed by atoms with E-state index >= 15 is 0 Å². The molecule has 46 heavy (non-hydrogen) atoms. The first-order valence-electron chi connectivity index (χ1n) is 18.3. The second-order valence-electron chi connectivity index (χ2n) is 16.0. The average molecular weight is 639 g/mol. The van der Waals surface area contributed by atoms with Crippen LogP contribution < -0.4 is 0 Å². The maximum absolute atomic E-state index is 7.00. The zero-order chi connectivity index (χ0) is 36.9. The third kappa shape index (κ3) is 16.3. The Bertz CT molecular complexity index is 914. The number of hydrogen-bond acceptors (Lipinski definition) is 1. The molecular formula is C45H82O. The molecule has 0 aliphatic heterocycles. The number of ether oxygens (including phenoxy) is 1. The van der Waals surface area contributed by atoms with Gasteiger partial charge in [0, 0.05) is 0 Å². The zero-order valence-electron chi connectivity index (χ0n) is 34.0. The summed E-state index contributed by atoms with van der Waals surface area (Å²) in [7, 11) is 0. The smallest absolute Gasteiger partial charge is 0.0910 e. The van der Waals surface area contributed by atoms with Gasteiger partial charge in [-0.2, -0.15) is 0 Å². The Morgan fingerprint density at radius 2 is 1.30 bits per heavy atom. The predicted molar refractivity (Wildman–Crippen MR) is 214 cm³/mol. The molecular weight excluding hydrogens is 556 g/mol. The lowest BCUT2D eigenvalue weighted by Gasteiger charge is -2.53. The molecule has 1 heteroatoms. The Labute approximate surface area is 291 Å². The fourth-order valence-corrected chi connectivity index (χ4v) is 6.44. The summed E-state index contributed by atoms with van der Waals surface area (Å²) in [5, 5.41) is 0. The Kier molecular flexibility index (Phi) is 24.8. The van der Waals surface area contributed by atoms with Gasteiger partial charge in [0.05, 0.1) is 11.2 Å². The van der Waals surface area contributed by atoms with Gasteiger partial charge >= 0.3 is 0 Å². The molecule has 1 fully saturated rings. The molecule has 0 spiro atoms. The molecule has 1 aromatic rings. The first kappa shape index (κ1) is 48.5. The van der Waals surface area contributed by atoms with E-state index in [2.05, 4.69) is 174 Å². The summed E-state index contributed by atoms with van der Waals surface area (Å²) in [5.74, 6) is 3.84. The van der Waals surface area contributed by atoms with Gasteiger partial charge in [0.1, 0.15) is 0 Å². The molecule has 0 saturated heterocycles. The van der Waals surface area contributed by atoms with Crippen molar-refractivity contribution >= 4 is 0 Å². The van der Waals surface area contributed by atoms with E-state index in [0.29, 0.717) is 17.3 Å². The summed E-state index contributed by atoms with van der Waals surface area (Å²) in [6, 6.07) is 10.7.